The Morgan fingerprint density at radius 2 is 1.59 bits per heavy atom. The van der Waals surface area contributed by atoms with Crippen molar-refractivity contribution in [3.63, 3.8) is 0 Å². The standard InChI is InChI=1S/C31H42N2O3S/c1-31(2,3)25-10-14-27(15-11-25)37(34,35)32-26-12-8-23(9-13-26)16-19-33-20-17-24(18-21-33)29-22-36-30-7-5-4-6-28(29)30/h4-7,10-11,14-15,22-24,26,32H,8-9,12-13,16-21H2,1-3H3. The van der Waals surface area contributed by atoms with E-state index < -0.39 is 10.0 Å². The summed E-state index contributed by atoms with van der Waals surface area (Å²) < 4.78 is 34.6. The summed E-state index contributed by atoms with van der Waals surface area (Å²) in [7, 11) is -3.47. The maximum atomic E-state index is 12.9. The molecule has 0 amide bonds. The number of sulfonamides is 1. The second-order valence-electron chi connectivity index (χ2n) is 12.2. The number of fused-ring (bicyclic) bond motifs is 1. The van der Waals surface area contributed by atoms with Crippen LogP contribution in [0.15, 0.2) is 64.1 Å². The van der Waals surface area contributed by atoms with Crippen LogP contribution in [0.5, 0.6) is 0 Å². The number of rotatable bonds is 7. The summed E-state index contributed by atoms with van der Waals surface area (Å²) in [5.74, 6) is 1.29. The molecule has 37 heavy (non-hydrogen) atoms. The van der Waals surface area contributed by atoms with Gasteiger partial charge >= 0.3 is 0 Å². The van der Waals surface area contributed by atoms with Gasteiger partial charge in [0.15, 0.2) is 0 Å². The lowest BCUT2D eigenvalue weighted by atomic mass is 9.84. The summed E-state index contributed by atoms with van der Waals surface area (Å²) in [6, 6.07) is 15.8. The Labute approximate surface area is 222 Å². The lowest BCUT2D eigenvalue weighted by Gasteiger charge is -2.34. The van der Waals surface area contributed by atoms with Gasteiger partial charge in [0.2, 0.25) is 10.0 Å². The summed E-state index contributed by atoms with van der Waals surface area (Å²) >= 11 is 0. The second kappa shape index (κ2) is 10.9. The van der Waals surface area contributed by atoms with Gasteiger partial charge in [-0.2, -0.15) is 0 Å². The van der Waals surface area contributed by atoms with Gasteiger partial charge in [-0.3, -0.25) is 0 Å². The van der Waals surface area contributed by atoms with Gasteiger partial charge in [0.1, 0.15) is 5.58 Å². The average molecular weight is 523 g/mol. The highest BCUT2D eigenvalue weighted by atomic mass is 32.2. The van der Waals surface area contributed by atoms with E-state index in [0.717, 1.165) is 56.5 Å². The molecule has 1 saturated carbocycles. The number of piperidine rings is 1. The van der Waals surface area contributed by atoms with Gasteiger partial charge in [-0.25, -0.2) is 13.1 Å². The molecule has 5 nitrogen and oxygen atoms in total. The van der Waals surface area contributed by atoms with Crippen LogP contribution in [0.3, 0.4) is 0 Å². The number of furan rings is 1. The first kappa shape index (κ1) is 26.5. The maximum Gasteiger partial charge on any atom is 0.240 e. The topological polar surface area (TPSA) is 62.6 Å². The maximum absolute atomic E-state index is 12.9. The van der Waals surface area contributed by atoms with Gasteiger partial charge in [0, 0.05) is 17.0 Å². The van der Waals surface area contributed by atoms with Crippen molar-refractivity contribution in [3.05, 3.63) is 65.9 Å². The highest BCUT2D eigenvalue weighted by Crippen LogP contribution is 2.35. The molecular weight excluding hydrogens is 480 g/mol. The van der Waals surface area contributed by atoms with E-state index in [1.165, 1.54) is 30.2 Å². The Morgan fingerprint density at radius 3 is 2.27 bits per heavy atom. The molecule has 1 aliphatic heterocycles. The predicted molar refractivity (Wildman–Crippen MR) is 150 cm³/mol. The zero-order chi connectivity index (χ0) is 26.0. The van der Waals surface area contributed by atoms with Crippen LogP contribution in [0, 0.1) is 5.92 Å². The summed E-state index contributed by atoms with van der Waals surface area (Å²) in [6.45, 7) is 9.86. The van der Waals surface area contributed by atoms with E-state index in [9.17, 15) is 8.42 Å². The summed E-state index contributed by atoms with van der Waals surface area (Å²) in [6.07, 6.45) is 9.63. The SMILES string of the molecule is CC(C)(C)c1ccc(S(=O)(=O)NC2CCC(CCN3CCC(c4coc5ccccc45)CC3)CC2)cc1. The van der Waals surface area contributed by atoms with Crippen molar-refractivity contribution in [2.75, 3.05) is 19.6 Å². The van der Waals surface area contributed by atoms with Crippen LogP contribution in [0.2, 0.25) is 0 Å². The molecule has 1 aliphatic carbocycles. The predicted octanol–water partition coefficient (Wildman–Crippen LogP) is 6.84. The van der Waals surface area contributed by atoms with Gasteiger partial charge in [0.05, 0.1) is 11.2 Å². The Morgan fingerprint density at radius 1 is 0.919 bits per heavy atom. The molecule has 0 atom stereocenters. The molecule has 1 aromatic heterocycles. The fourth-order valence-electron chi connectivity index (χ4n) is 6.14. The van der Waals surface area contributed by atoms with Crippen LogP contribution < -0.4 is 4.72 Å². The van der Waals surface area contributed by atoms with E-state index >= 15 is 0 Å². The number of nitrogens with zero attached hydrogens (tertiary/aromatic N) is 1. The Kier molecular flexibility index (Phi) is 7.80. The fourth-order valence-corrected chi connectivity index (χ4v) is 7.44. The molecule has 0 spiro atoms. The van der Waals surface area contributed by atoms with Crippen molar-refractivity contribution in [1.29, 1.82) is 0 Å². The van der Waals surface area contributed by atoms with Crippen molar-refractivity contribution in [2.45, 2.75) is 88.0 Å². The van der Waals surface area contributed by atoms with Crippen LogP contribution in [0.1, 0.15) is 82.8 Å². The van der Waals surface area contributed by atoms with Gasteiger partial charge in [-0.05, 0) is 106 Å². The largest absolute Gasteiger partial charge is 0.464 e. The highest BCUT2D eigenvalue weighted by Gasteiger charge is 2.28. The van der Waals surface area contributed by atoms with Crippen molar-refractivity contribution in [1.82, 2.24) is 9.62 Å². The van der Waals surface area contributed by atoms with Crippen LogP contribution in [-0.4, -0.2) is 39.0 Å². The van der Waals surface area contributed by atoms with Gasteiger partial charge < -0.3 is 9.32 Å². The summed E-state index contributed by atoms with van der Waals surface area (Å²) in [5, 5.41) is 1.27. The number of hydrogen-bond donors (Lipinski definition) is 1. The van der Waals surface area contributed by atoms with Gasteiger partial charge in [-0.15, -0.1) is 0 Å². The van der Waals surface area contributed by atoms with Crippen LogP contribution in [-0.2, 0) is 15.4 Å². The highest BCUT2D eigenvalue weighted by molar-refractivity contribution is 7.89. The van der Waals surface area contributed by atoms with E-state index in [-0.39, 0.29) is 11.5 Å². The first-order valence-corrected chi connectivity index (χ1v) is 15.5. The molecule has 2 fully saturated rings. The number of likely N-dealkylation sites (tertiary alicyclic amines) is 1. The third-order valence-corrected chi connectivity index (χ3v) is 10.1. The first-order chi connectivity index (χ1) is 17.7. The van der Waals surface area contributed by atoms with Crippen molar-refractivity contribution in [3.8, 4) is 0 Å². The molecule has 6 heteroatoms. The molecule has 2 heterocycles. The molecule has 0 radical (unpaired) electrons. The molecule has 1 saturated heterocycles. The quantitative estimate of drug-likeness (QED) is 0.369. The van der Waals surface area contributed by atoms with Gasteiger partial charge in [-0.1, -0.05) is 51.1 Å². The minimum atomic E-state index is -3.47. The number of benzene rings is 2. The minimum absolute atomic E-state index is 0.0126. The molecular formula is C31H42N2O3S. The monoisotopic (exact) mass is 522 g/mol. The van der Waals surface area contributed by atoms with E-state index in [1.54, 1.807) is 12.1 Å². The summed E-state index contributed by atoms with van der Waals surface area (Å²) in [4.78, 5) is 2.99. The molecule has 0 bridgehead atoms. The minimum Gasteiger partial charge on any atom is -0.464 e. The van der Waals surface area contributed by atoms with Crippen LogP contribution in [0.25, 0.3) is 11.0 Å². The van der Waals surface area contributed by atoms with E-state index in [2.05, 4.69) is 48.6 Å². The molecule has 0 unspecified atom stereocenters. The number of hydrogen-bond acceptors (Lipinski definition) is 4. The zero-order valence-corrected chi connectivity index (χ0v) is 23.4. The number of nitrogens with one attached hydrogen (secondary N) is 1. The van der Waals surface area contributed by atoms with E-state index in [0.29, 0.717) is 16.7 Å². The van der Waals surface area contributed by atoms with Gasteiger partial charge in [0.25, 0.3) is 0 Å². The lowest BCUT2D eigenvalue weighted by Crippen LogP contribution is -2.38. The Balaban J connectivity index is 1.04. The molecule has 2 aromatic carbocycles. The molecule has 2 aliphatic rings. The Bertz CT molecular complexity index is 1270. The van der Waals surface area contributed by atoms with Crippen molar-refractivity contribution < 1.29 is 12.8 Å². The zero-order valence-electron chi connectivity index (χ0n) is 22.6. The lowest BCUT2D eigenvalue weighted by molar-refractivity contribution is 0.185. The van der Waals surface area contributed by atoms with Crippen LogP contribution >= 0.6 is 0 Å². The normalized spacial score (nSPS) is 22.5. The van der Waals surface area contributed by atoms with Crippen molar-refractivity contribution >= 4 is 21.0 Å². The molecule has 5 rings (SSSR count). The number of para-hydroxylation sites is 1. The second-order valence-corrected chi connectivity index (χ2v) is 13.9. The molecule has 3 aromatic rings. The van der Waals surface area contributed by atoms with E-state index in [4.69, 9.17) is 4.42 Å². The Hall–Kier alpha value is -2.15. The average Bonchev–Trinajstić information content (AvgIpc) is 3.32. The van der Waals surface area contributed by atoms with Crippen molar-refractivity contribution in [2.24, 2.45) is 5.92 Å². The smallest absolute Gasteiger partial charge is 0.240 e. The molecule has 200 valence electrons. The fraction of sp³-hybridized carbons (Fsp3) is 0.548. The van der Waals surface area contributed by atoms with E-state index in [1.807, 2.05) is 24.5 Å². The summed E-state index contributed by atoms with van der Waals surface area (Å²) in [5.41, 5.74) is 3.53. The molecule has 1 N–H and O–H groups in total. The van der Waals surface area contributed by atoms with Crippen LogP contribution in [0.4, 0.5) is 0 Å². The first-order valence-electron chi connectivity index (χ1n) is 14.0. The third-order valence-electron chi connectivity index (χ3n) is 8.59. The third kappa shape index (κ3) is 6.30.